The van der Waals surface area contributed by atoms with Gasteiger partial charge in [-0.1, -0.05) is 0 Å². The van der Waals surface area contributed by atoms with Crippen molar-refractivity contribution in [2.24, 2.45) is 17.8 Å². The van der Waals surface area contributed by atoms with Gasteiger partial charge in [-0.3, -0.25) is 4.79 Å². The Bertz CT molecular complexity index is 244. The first-order chi connectivity index (χ1) is 7.24. The maximum absolute atomic E-state index is 11.2. The van der Waals surface area contributed by atoms with Crippen LogP contribution in [0, 0.1) is 17.8 Å². The zero-order valence-corrected chi connectivity index (χ0v) is 9.11. The molecule has 2 saturated carbocycles. The van der Waals surface area contributed by atoms with Gasteiger partial charge in [0.25, 0.3) is 0 Å². The van der Waals surface area contributed by atoms with Crippen LogP contribution in [0.4, 0.5) is 0 Å². The van der Waals surface area contributed by atoms with Crippen molar-refractivity contribution in [3.8, 4) is 0 Å². The number of aliphatic carboxylic acids is 1. The molecule has 0 aromatic heterocycles. The fourth-order valence-electron chi connectivity index (χ4n) is 3.27. The van der Waals surface area contributed by atoms with E-state index in [0.717, 1.165) is 19.4 Å². The van der Waals surface area contributed by atoms with Crippen LogP contribution in [0.15, 0.2) is 0 Å². The zero-order valence-electron chi connectivity index (χ0n) is 9.11. The van der Waals surface area contributed by atoms with Crippen molar-refractivity contribution in [3.63, 3.8) is 0 Å². The average molecular weight is 213 g/mol. The number of ether oxygens (including phenoxy) is 1. The Labute approximate surface area is 90.0 Å². The van der Waals surface area contributed by atoms with Crippen LogP contribution in [0.5, 0.6) is 0 Å². The smallest absolute Gasteiger partial charge is 0.308 e. The van der Waals surface area contributed by atoms with Crippen LogP contribution in [0.25, 0.3) is 0 Å². The minimum atomic E-state index is -0.628. The predicted molar refractivity (Wildman–Crippen MR) is 55.6 cm³/mol. The van der Waals surface area contributed by atoms with E-state index in [1.807, 2.05) is 0 Å². The third-order valence-electron chi connectivity index (χ3n) is 3.89. The van der Waals surface area contributed by atoms with Crippen LogP contribution in [0.3, 0.4) is 0 Å². The second kappa shape index (κ2) is 4.49. The van der Waals surface area contributed by atoms with E-state index in [-0.39, 0.29) is 12.0 Å². The summed E-state index contributed by atoms with van der Waals surface area (Å²) < 4.78 is 4.97. The van der Waals surface area contributed by atoms with Crippen LogP contribution in [0.1, 0.15) is 19.3 Å². The molecule has 86 valence electrons. The van der Waals surface area contributed by atoms with Crippen molar-refractivity contribution >= 4 is 5.97 Å². The van der Waals surface area contributed by atoms with Crippen LogP contribution in [-0.2, 0) is 9.53 Å². The van der Waals surface area contributed by atoms with Gasteiger partial charge in [-0.05, 0) is 31.1 Å². The van der Waals surface area contributed by atoms with Gasteiger partial charge in [0.1, 0.15) is 0 Å². The molecule has 0 amide bonds. The highest BCUT2D eigenvalue weighted by Crippen LogP contribution is 2.48. The molecular formula is C11H19NO3. The van der Waals surface area contributed by atoms with Crippen molar-refractivity contribution in [1.29, 1.82) is 0 Å². The number of hydrogen-bond acceptors (Lipinski definition) is 3. The zero-order chi connectivity index (χ0) is 10.8. The molecule has 2 bridgehead atoms. The minimum absolute atomic E-state index is 0.166. The van der Waals surface area contributed by atoms with Crippen molar-refractivity contribution in [1.82, 2.24) is 5.32 Å². The summed E-state index contributed by atoms with van der Waals surface area (Å²) in [6.07, 6.45) is 3.39. The molecule has 4 nitrogen and oxygen atoms in total. The molecule has 4 unspecified atom stereocenters. The summed E-state index contributed by atoms with van der Waals surface area (Å²) in [5, 5.41) is 12.5. The largest absolute Gasteiger partial charge is 0.481 e. The predicted octanol–water partition coefficient (Wildman–Crippen LogP) is 0.722. The van der Waals surface area contributed by atoms with Gasteiger partial charge < -0.3 is 15.2 Å². The second-order valence-electron chi connectivity index (χ2n) is 4.67. The molecule has 0 aliphatic heterocycles. The first-order valence-corrected chi connectivity index (χ1v) is 5.69. The third kappa shape index (κ3) is 2.01. The number of fused-ring (bicyclic) bond motifs is 2. The van der Waals surface area contributed by atoms with Crippen molar-refractivity contribution < 1.29 is 14.6 Å². The molecule has 2 fully saturated rings. The van der Waals surface area contributed by atoms with E-state index in [0.29, 0.717) is 18.4 Å². The number of carboxylic acid groups (broad SMARTS) is 1. The number of methoxy groups -OCH3 is 1. The Kier molecular flexibility index (Phi) is 3.26. The average Bonchev–Trinajstić information content (AvgIpc) is 2.77. The monoisotopic (exact) mass is 213 g/mol. The summed E-state index contributed by atoms with van der Waals surface area (Å²) in [5.74, 6) is 0.193. The van der Waals surface area contributed by atoms with Crippen molar-refractivity contribution in [2.75, 3.05) is 20.3 Å². The number of rotatable bonds is 5. The summed E-state index contributed by atoms with van der Waals surface area (Å²) in [4.78, 5) is 11.2. The number of nitrogens with one attached hydrogen (secondary N) is 1. The molecule has 0 aromatic rings. The molecular weight excluding hydrogens is 194 g/mol. The highest BCUT2D eigenvalue weighted by molar-refractivity contribution is 5.72. The highest BCUT2D eigenvalue weighted by atomic mass is 16.5. The molecule has 4 atom stereocenters. The summed E-state index contributed by atoms with van der Waals surface area (Å²) in [6, 6.07) is 0.177. The molecule has 2 rings (SSSR count). The van der Waals surface area contributed by atoms with E-state index >= 15 is 0 Å². The van der Waals surface area contributed by atoms with Crippen molar-refractivity contribution in [3.05, 3.63) is 0 Å². The molecule has 2 aliphatic rings. The van der Waals surface area contributed by atoms with Gasteiger partial charge in [-0.2, -0.15) is 0 Å². The van der Waals surface area contributed by atoms with Crippen LogP contribution in [0.2, 0.25) is 0 Å². The van der Waals surface area contributed by atoms with Gasteiger partial charge in [-0.25, -0.2) is 0 Å². The Balaban J connectivity index is 1.93. The molecule has 0 aromatic carbocycles. The summed E-state index contributed by atoms with van der Waals surface area (Å²) in [7, 11) is 1.66. The normalized spacial score (nSPS) is 38.5. The summed E-state index contributed by atoms with van der Waals surface area (Å²) >= 11 is 0. The lowest BCUT2D eigenvalue weighted by Crippen LogP contribution is -2.45. The molecule has 0 radical (unpaired) electrons. The maximum Gasteiger partial charge on any atom is 0.308 e. The lowest BCUT2D eigenvalue weighted by atomic mass is 9.84. The molecule has 2 N–H and O–H groups in total. The first-order valence-electron chi connectivity index (χ1n) is 5.69. The SMILES string of the molecule is COCCNC1C2CCC(C2)C1C(=O)O. The molecule has 4 heteroatoms. The maximum atomic E-state index is 11.2. The van der Waals surface area contributed by atoms with Gasteiger partial charge in [0.05, 0.1) is 12.5 Å². The van der Waals surface area contributed by atoms with E-state index in [1.54, 1.807) is 7.11 Å². The lowest BCUT2D eigenvalue weighted by Gasteiger charge is -2.28. The highest BCUT2D eigenvalue weighted by Gasteiger charge is 2.50. The Morgan fingerprint density at radius 3 is 2.87 bits per heavy atom. The summed E-state index contributed by atoms with van der Waals surface area (Å²) in [6.45, 7) is 1.41. The molecule has 15 heavy (non-hydrogen) atoms. The van der Waals surface area contributed by atoms with Gasteiger partial charge in [-0.15, -0.1) is 0 Å². The van der Waals surface area contributed by atoms with Gasteiger partial charge in [0.2, 0.25) is 0 Å². The fraction of sp³-hybridized carbons (Fsp3) is 0.909. The van der Waals surface area contributed by atoms with E-state index in [4.69, 9.17) is 4.74 Å². The molecule has 2 aliphatic carbocycles. The Morgan fingerprint density at radius 1 is 1.47 bits per heavy atom. The minimum Gasteiger partial charge on any atom is -0.481 e. The third-order valence-corrected chi connectivity index (χ3v) is 3.89. The van der Waals surface area contributed by atoms with E-state index in [1.165, 1.54) is 6.42 Å². The first kappa shape index (κ1) is 10.9. The Hall–Kier alpha value is -0.610. The van der Waals surface area contributed by atoms with Crippen LogP contribution < -0.4 is 5.32 Å². The van der Waals surface area contributed by atoms with Gasteiger partial charge in [0, 0.05) is 19.7 Å². The van der Waals surface area contributed by atoms with E-state index in [9.17, 15) is 9.90 Å². The number of hydrogen-bond donors (Lipinski definition) is 2. The Morgan fingerprint density at radius 2 is 2.20 bits per heavy atom. The van der Waals surface area contributed by atoms with Crippen LogP contribution in [-0.4, -0.2) is 37.4 Å². The quantitative estimate of drug-likeness (QED) is 0.661. The number of carbonyl (C=O) groups is 1. The molecule has 0 heterocycles. The molecule has 0 spiro atoms. The topological polar surface area (TPSA) is 58.6 Å². The van der Waals surface area contributed by atoms with E-state index in [2.05, 4.69) is 5.32 Å². The van der Waals surface area contributed by atoms with Gasteiger partial charge >= 0.3 is 5.97 Å². The van der Waals surface area contributed by atoms with Crippen molar-refractivity contribution in [2.45, 2.75) is 25.3 Å². The van der Waals surface area contributed by atoms with E-state index < -0.39 is 5.97 Å². The van der Waals surface area contributed by atoms with Gasteiger partial charge in [0.15, 0.2) is 0 Å². The summed E-state index contributed by atoms with van der Waals surface area (Å²) in [5.41, 5.74) is 0. The van der Waals surface area contributed by atoms with Crippen LogP contribution >= 0.6 is 0 Å². The lowest BCUT2D eigenvalue weighted by molar-refractivity contribution is -0.144. The number of carboxylic acids is 1. The standard InChI is InChI=1S/C11H19NO3/c1-15-5-4-12-10-8-3-2-7(6-8)9(10)11(13)14/h7-10,12H,2-6H2,1H3,(H,13,14). The fourth-order valence-corrected chi connectivity index (χ4v) is 3.27. The second-order valence-corrected chi connectivity index (χ2v) is 4.67. The molecule has 0 saturated heterocycles.